The van der Waals surface area contributed by atoms with Crippen LogP contribution in [0.5, 0.6) is 0 Å². The first-order valence-corrected chi connectivity index (χ1v) is 11.6. The molecule has 0 saturated carbocycles. The van der Waals surface area contributed by atoms with Crippen molar-refractivity contribution in [2.45, 2.75) is 149 Å². The Bertz CT molecular complexity index is 206. The summed E-state index contributed by atoms with van der Waals surface area (Å²) < 4.78 is 0. The van der Waals surface area contributed by atoms with Crippen molar-refractivity contribution >= 4 is 0 Å². The molecular weight excluding hydrogens is 304 g/mol. The van der Waals surface area contributed by atoms with Crippen LogP contribution in [0.3, 0.4) is 0 Å². The highest BCUT2D eigenvalue weighted by Crippen LogP contribution is 2.10. The fourth-order valence-corrected chi connectivity index (χ4v) is 3.03. The summed E-state index contributed by atoms with van der Waals surface area (Å²) in [5, 5.41) is 0. The summed E-state index contributed by atoms with van der Waals surface area (Å²) in [5.74, 6) is 0. The molecule has 0 aromatic carbocycles. The minimum Gasteiger partial charge on any atom is -0.328 e. The molecule has 0 aromatic rings. The Morgan fingerprint density at radius 3 is 1.12 bits per heavy atom. The van der Waals surface area contributed by atoms with Crippen LogP contribution in [0.4, 0.5) is 0 Å². The second-order valence-corrected chi connectivity index (χ2v) is 7.83. The van der Waals surface area contributed by atoms with E-state index in [2.05, 4.69) is 27.7 Å². The molecule has 1 atom stereocenters. The van der Waals surface area contributed by atoms with E-state index in [1.54, 1.807) is 0 Å². The normalized spacial score (nSPS) is 12.1. The molecule has 2 heteroatoms. The van der Waals surface area contributed by atoms with Gasteiger partial charge in [-0.15, -0.1) is 0 Å². The predicted octanol–water partition coefficient (Wildman–Crippen LogP) is 7.34. The number of nitrogens with two attached hydrogens (primary N) is 2. The summed E-state index contributed by atoms with van der Waals surface area (Å²) in [5.41, 5.74) is 11.8. The molecule has 0 saturated heterocycles. The molecule has 0 fully saturated rings. The number of hydrogen-bond donors (Lipinski definition) is 2. The van der Waals surface area contributed by atoms with E-state index in [0.29, 0.717) is 12.1 Å². The molecule has 0 bridgehead atoms. The smallest absolute Gasteiger partial charge is 0.00388 e. The summed E-state index contributed by atoms with van der Waals surface area (Å²) in [6.07, 6.45) is 22.5. The molecule has 0 aliphatic rings. The van der Waals surface area contributed by atoms with Crippen molar-refractivity contribution < 1.29 is 0 Å². The van der Waals surface area contributed by atoms with Gasteiger partial charge in [0.05, 0.1) is 0 Å². The van der Waals surface area contributed by atoms with Gasteiger partial charge in [0.15, 0.2) is 0 Å². The molecule has 1 unspecified atom stereocenters. The second kappa shape index (κ2) is 23.9. The maximum absolute atomic E-state index is 6.04. The molecule has 0 aromatic heterocycles. The molecule has 0 radical (unpaired) electrons. The predicted molar refractivity (Wildman–Crippen MR) is 117 cm³/mol. The van der Waals surface area contributed by atoms with Gasteiger partial charge in [-0.1, -0.05) is 111 Å². The molecule has 0 amide bonds. The van der Waals surface area contributed by atoms with Gasteiger partial charge >= 0.3 is 0 Å². The zero-order valence-electron chi connectivity index (χ0n) is 18.3. The first kappa shape index (κ1) is 27.1. The maximum atomic E-state index is 6.04. The van der Waals surface area contributed by atoms with Crippen LogP contribution in [-0.2, 0) is 0 Å². The molecule has 154 valence electrons. The van der Waals surface area contributed by atoms with Gasteiger partial charge in [-0.05, 0) is 25.7 Å². The lowest BCUT2D eigenvalue weighted by Crippen LogP contribution is -2.19. The molecule has 4 N–H and O–H groups in total. The molecule has 0 heterocycles. The average molecular weight is 357 g/mol. The van der Waals surface area contributed by atoms with E-state index >= 15 is 0 Å². The van der Waals surface area contributed by atoms with Crippen molar-refractivity contribution in [1.82, 2.24) is 0 Å². The Morgan fingerprint density at radius 1 is 0.440 bits per heavy atom. The third-order valence-corrected chi connectivity index (χ3v) is 5.06. The van der Waals surface area contributed by atoms with Crippen molar-refractivity contribution in [1.29, 1.82) is 0 Å². The van der Waals surface area contributed by atoms with E-state index in [-0.39, 0.29) is 0 Å². The largest absolute Gasteiger partial charge is 0.328 e. The van der Waals surface area contributed by atoms with Gasteiger partial charge in [-0.25, -0.2) is 0 Å². The van der Waals surface area contributed by atoms with Gasteiger partial charge in [-0.2, -0.15) is 0 Å². The number of hydrogen-bond acceptors (Lipinski definition) is 2. The molecular formula is C23H52N2. The molecule has 2 nitrogen and oxygen atoms in total. The van der Waals surface area contributed by atoms with E-state index in [9.17, 15) is 0 Å². The van der Waals surface area contributed by atoms with Crippen LogP contribution in [0.2, 0.25) is 0 Å². The lowest BCUT2D eigenvalue weighted by atomic mass is 10.0. The van der Waals surface area contributed by atoms with E-state index in [1.807, 2.05) is 0 Å². The Kier molecular flexibility index (Phi) is 26.0. The second-order valence-electron chi connectivity index (χ2n) is 7.83. The van der Waals surface area contributed by atoms with E-state index in [1.165, 1.54) is 103 Å². The third kappa shape index (κ3) is 26.3. The first-order valence-electron chi connectivity index (χ1n) is 11.6. The fraction of sp³-hybridized carbons (Fsp3) is 1.00. The topological polar surface area (TPSA) is 52.0 Å². The summed E-state index contributed by atoms with van der Waals surface area (Å²) in [7, 11) is 0. The van der Waals surface area contributed by atoms with Crippen molar-refractivity contribution in [2.24, 2.45) is 11.5 Å². The molecule has 0 aliphatic carbocycles. The Morgan fingerprint density at radius 2 is 0.760 bits per heavy atom. The summed E-state index contributed by atoms with van der Waals surface area (Å²) in [4.78, 5) is 0. The van der Waals surface area contributed by atoms with Crippen LogP contribution in [-0.4, -0.2) is 12.1 Å². The number of unbranched alkanes of at least 4 members (excludes halogenated alkanes) is 10. The summed E-state index contributed by atoms with van der Waals surface area (Å²) >= 11 is 0. The van der Waals surface area contributed by atoms with Crippen molar-refractivity contribution in [3.63, 3.8) is 0 Å². The zero-order valence-corrected chi connectivity index (χ0v) is 18.3. The molecule has 25 heavy (non-hydrogen) atoms. The highest BCUT2D eigenvalue weighted by Gasteiger charge is 2.01. The maximum Gasteiger partial charge on any atom is 0.00388 e. The van der Waals surface area contributed by atoms with Crippen LogP contribution in [0.1, 0.15) is 137 Å². The van der Waals surface area contributed by atoms with Crippen LogP contribution in [0, 0.1) is 0 Å². The van der Waals surface area contributed by atoms with E-state index in [0.717, 1.165) is 6.42 Å². The van der Waals surface area contributed by atoms with Crippen molar-refractivity contribution in [3.8, 4) is 0 Å². The zero-order chi connectivity index (χ0) is 19.2. The molecule has 0 spiro atoms. The van der Waals surface area contributed by atoms with Crippen molar-refractivity contribution in [2.75, 3.05) is 0 Å². The van der Waals surface area contributed by atoms with Gasteiger partial charge < -0.3 is 11.5 Å². The number of rotatable bonds is 17. The molecule has 0 rings (SSSR count). The Hall–Kier alpha value is -0.0800. The van der Waals surface area contributed by atoms with Crippen LogP contribution < -0.4 is 11.5 Å². The summed E-state index contributed by atoms with van der Waals surface area (Å²) in [6.45, 7) is 8.92. The fourth-order valence-electron chi connectivity index (χ4n) is 3.03. The SMILES string of the molecule is CCCCCCC(N)CCCCCC.CCCCCCCC(N)CC. The lowest BCUT2D eigenvalue weighted by molar-refractivity contribution is 0.493. The summed E-state index contributed by atoms with van der Waals surface area (Å²) in [6, 6.07) is 0.931. The van der Waals surface area contributed by atoms with Gasteiger partial charge in [0.1, 0.15) is 0 Å². The molecule has 0 aliphatic heterocycles. The third-order valence-electron chi connectivity index (χ3n) is 5.06. The van der Waals surface area contributed by atoms with Crippen molar-refractivity contribution in [3.05, 3.63) is 0 Å². The highest BCUT2D eigenvalue weighted by molar-refractivity contribution is 4.61. The van der Waals surface area contributed by atoms with E-state index < -0.39 is 0 Å². The minimum atomic E-state index is 0.455. The van der Waals surface area contributed by atoms with Crippen LogP contribution >= 0.6 is 0 Å². The standard InChI is InChI=1S/C13H29N.C10H23N/c1-3-5-7-9-11-13(14)12-10-8-6-4-2;1-3-5-6-7-8-9-10(11)4-2/h13H,3-12,14H2,1-2H3;10H,3-9,11H2,1-2H3. The minimum absolute atomic E-state index is 0.455. The first-order chi connectivity index (χ1) is 12.1. The van der Waals surface area contributed by atoms with Gasteiger partial charge in [0.25, 0.3) is 0 Å². The monoisotopic (exact) mass is 356 g/mol. The quantitative estimate of drug-likeness (QED) is 0.268. The van der Waals surface area contributed by atoms with E-state index in [4.69, 9.17) is 11.5 Å². The van der Waals surface area contributed by atoms with Crippen LogP contribution in [0.25, 0.3) is 0 Å². The Labute approximate surface area is 160 Å². The van der Waals surface area contributed by atoms with Gasteiger partial charge in [0.2, 0.25) is 0 Å². The van der Waals surface area contributed by atoms with Gasteiger partial charge in [0, 0.05) is 12.1 Å². The Balaban J connectivity index is 0. The van der Waals surface area contributed by atoms with Gasteiger partial charge in [-0.3, -0.25) is 0 Å². The lowest BCUT2D eigenvalue weighted by Gasteiger charge is -2.10. The van der Waals surface area contributed by atoms with Crippen LogP contribution in [0.15, 0.2) is 0 Å². The highest BCUT2D eigenvalue weighted by atomic mass is 14.6. The average Bonchev–Trinajstić information content (AvgIpc) is 2.62.